The summed E-state index contributed by atoms with van der Waals surface area (Å²) in [6, 6.07) is 8.13. The third kappa shape index (κ3) is 2.18. The minimum atomic E-state index is 0.0898. The zero-order valence-corrected chi connectivity index (χ0v) is 8.65. The van der Waals surface area contributed by atoms with Crippen LogP contribution in [0.1, 0.15) is 24.0 Å². The van der Waals surface area contributed by atoms with Crippen molar-refractivity contribution in [2.45, 2.75) is 25.9 Å². The Kier molecular flexibility index (Phi) is 3.02. The Morgan fingerprint density at radius 2 is 1.87 bits per heavy atom. The van der Waals surface area contributed by atoms with Crippen molar-refractivity contribution in [3.8, 4) is 0 Å². The Morgan fingerprint density at radius 1 is 1.27 bits per heavy atom. The molecule has 0 aromatic heterocycles. The topological polar surface area (TPSA) is 40.5 Å². The number of benzene rings is 1. The fraction of sp³-hybridized carbons (Fsp3) is 0.417. The SMILES string of the molecule is O=C(CCCO)N1Cc2ccccc2C1. The van der Waals surface area contributed by atoms with E-state index in [1.807, 2.05) is 17.0 Å². The highest BCUT2D eigenvalue weighted by molar-refractivity contribution is 5.76. The van der Waals surface area contributed by atoms with Crippen molar-refractivity contribution < 1.29 is 9.90 Å². The number of aliphatic hydroxyl groups excluding tert-OH is 1. The van der Waals surface area contributed by atoms with E-state index in [4.69, 9.17) is 5.11 Å². The molecule has 1 amide bonds. The number of aliphatic hydroxyl groups is 1. The number of carbonyl (C=O) groups is 1. The van der Waals surface area contributed by atoms with Gasteiger partial charge in [0.1, 0.15) is 0 Å². The van der Waals surface area contributed by atoms with Gasteiger partial charge in [0.05, 0.1) is 0 Å². The zero-order valence-electron chi connectivity index (χ0n) is 8.65. The van der Waals surface area contributed by atoms with Crippen molar-refractivity contribution in [3.05, 3.63) is 35.4 Å². The monoisotopic (exact) mass is 205 g/mol. The highest BCUT2D eigenvalue weighted by Gasteiger charge is 2.21. The average Bonchev–Trinajstić information content (AvgIpc) is 2.69. The van der Waals surface area contributed by atoms with Crippen LogP contribution >= 0.6 is 0 Å². The van der Waals surface area contributed by atoms with Gasteiger partial charge in [-0.1, -0.05) is 24.3 Å². The molecule has 2 rings (SSSR count). The summed E-state index contributed by atoms with van der Waals surface area (Å²) >= 11 is 0. The van der Waals surface area contributed by atoms with Crippen LogP contribution in [0.4, 0.5) is 0 Å². The fourth-order valence-corrected chi connectivity index (χ4v) is 1.90. The minimum absolute atomic E-state index is 0.0898. The second kappa shape index (κ2) is 4.45. The molecule has 0 aliphatic carbocycles. The number of carbonyl (C=O) groups excluding carboxylic acids is 1. The van der Waals surface area contributed by atoms with Crippen LogP contribution in [-0.4, -0.2) is 22.5 Å². The Morgan fingerprint density at radius 3 is 2.40 bits per heavy atom. The average molecular weight is 205 g/mol. The first kappa shape index (κ1) is 10.2. The molecule has 1 heterocycles. The Labute approximate surface area is 89.3 Å². The largest absolute Gasteiger partial charge is 0.396 e. The summed E-state index contributed by atoms with van der Waals surface area (Å²) in [7, 11) is 0. The maximum atomic E-state index is 11.7. The molecule has 0 saturated carbocycles. The first-order chi connectivity index (χ1) is 7.31. The molecule has 0 spiro atoms. The predicted octanol–water partition coefficient (Wildman–Crippen LogP) is 1.30. The zero-order chi connectivity index (χ0) is 10.7. The van der Waals surface area contributed by atoms with Gasteiger partial charge in [-0.05, 0) is 17.5 Å². The molecule has 15 heavy (non-hydrogen) atoms. The van der Waals surface area contributed by atoms with Gasteiger partial charge in [0.25, 0.3) is 0 Å². The third-order valence-corrected chi connectivity index (χ3v) is 2.74. The van der Waals surface area contributed by atoms with Gasteiger partial charge in [-0.2, -0.15) is 0 Å². The van der Waals surface area contributed by atoms with Gasteiger partial charge < -0.3 is 10.0 Å². The quantitative estimate of drug-likeness (QED) is 0.808. The van der Waals surface area contributed by atoms with Gasteiger partial charge in [0, 0.05) is 26.1 Å². The second-order valence-corrected chi connectivity index (χ2v) is 3.85. The van der Waals surface area contributed by atoms with E-state index in [1.54, 1.807) is 0 Å². The van der Waals surface area contributed by atoms with Crippen molar-refractivity contribution in [2.24, 2.45) is 0 Å². The molecule has 1 aromatic carbocycles. The molecule has 1 aromatic rings. The molecule has 0 atom stereocenters. The summed E-state index contributed by atoms with van der Waals surface area (Å²) in [5.41, 5.74) is 2.49. The maximum Gasteiger partial charge on any atom is 0.223 e. The normalized spacial score (nSPS) is 14.1. The van der Waals surface area contributed by atoms with E-state index >= 15 is 0 Å². The van der Waals surface area contributed by atoms with Crippen molar-refractivity contribution >= 4 is 5.91 Å². The lowest BCUT2D eigenvalue weighted by atomic mass is 10.1. The van der Waals surface area contributed by atoms with Gasteiger partial charge in [-0.15, -0.1) is 0 Å². The van der Waals surface area contributed by atoms with Gasteiger partial charge in [0.15, 0.2) is 0 Å². The number of rotatable bonds is 3. The van der Waals surface area contributed by atoms with Crippen molar-refractivity contribution in [1.82, 2.24) is 4.90 Å². The predicted molar refractivity (Wildman–Crippen MR) is 57.0 cm³/mol. The number of nitrogens with zero attached hydrogens (tertiary/aromatic N) is 1. The molecule has 0 saturated heterocycles. The fourth-order valence-electron chi connectivity index (χ4n) is 1.90. The molecule has 0 radical (unpaired) electrons. The van der Waals surface area contributed by atoms with E-state index in [-0.39, 0.29) is 12.5 Å². The van der Waals surface area contributed by atoms with Crippen molar-refractivity contribution in [1.29, 1.82) is 0 Å². The highest BCUT2D eigenvalue weighted by Crippen LogP contribution is 2.22. The number of fused-ring (bicyclic) bond motifs is 1. The molecule has 3 nitrogen and oxygen atoms in total. The molecule has 1 aliphatic heterocycles. The van der Waals surface area contributed by atoms with Crippen LogP contribution in [0.15, 0.2) is 24.3 Å². The van der Waals surface area contributed by atoms with Crippen LogP contribution in [0.25, 0.3) is 0 Å². The van der Waals surface area contributed by atoms with Gasteiger partial charge >= 0.3 is 0 Å². The number of hydrogen-bond acceptors (Lipinski definition) is 2. The van der Waals surface area contributed by atoms with Crippen molar-refractivity contribution in [3.63, 3.8) is 0 Å². The lowest BCUT2D eigenvalue weighted by Gasteiger charge is -2.14. The summed E-state index contributed by atoms with van der Waals surface area (Å²) in [4.78, 5) is 13.5. The molecule has 0 bridgehead atoms. The first-order valence-electron chi connectivity index (χ1n) is 5.26. The molecule has 80 valence electrons. The molecule has 1 aliphatic rings. The molecule has 3 heteroatoms. The third-order valence-electron chi connectivity index (χ3n) is 2.74. The van der Waals surface area contributed by atoms with Gasteiger partial charge in [-0.3, -0.25) is 4.79 Å². The van der Waals surface area contributed by atoms with Gasteiger partial charge in [-0.25, -0.2) is 0 Å². The summed E-state index contributed by atoms with van der Waals surface area (Å²) in [6.45, 7) is 1.54. The Bertz CT molecular complexity index is 337. The number of amides is 1. The molecule has 0 unspecified atom stereocenters. The Hall–Kier alpha value is -1.35. The summed E-state index contributed by atoms with van der Waals surface area (Å²) in [6.07, 6.45) is 1.01. The minimum Gasteiger partial charge on any atom is -0.396 e. The molecule has 0 fully saturated rings. The van der Waals surface area contributed by atoms with E-state index < -0.39 is 0 Å². The van der Waals surface area contributed by atoms with E-state index in [1.165, 1.54) is 11.1 Å². The standard InChI is InChI=1S/C12H15NO2/c14-7-3-6-12(15)13-8-10-4-1-2-5-11(10)9-13/h1-2,4-5,14H,3,6-9H2. The van der Waals surface area contributed by atoms with Crippen LogP contribution in [0.3, 0.4) is 0 Å². The molecular weight excluding hydrogens is 190 g/mol. The maximum absolute atomic E-state index is 11.7. The lowest BCUT2D eigenvalue weighted by molar-refractivity contribution is -0.132. The van der Waals surface area contributed by atoms with E-state index in [0.717, 1.165) is 13.1 Å². The smallest absolute Gasteiger partial charge is 0.223 e. The van der Waals surface area contributed by atoms with E-state index in [0.29, 0.717) is 12.8 Å². The van der Waals surface area contributed by atoms with Crippen LogP contribution in [0.5, 0.6) is 0 Å². The highest BCUT2D eigenvalue weighted by atomic mass is 16.3. The second-order valence-electron chi connectivity index (χ2n) is 3.85. The van der Waals surface area contributed by atoms with Crippen LogP contribution in [0.2, 0.25) is 0 Å². The summed E-state index contributed by atoms with van der Waals surface area (Å²) in [5, 5.41) is 8.66. The molecule has 1 N–H and O–H groups in total. The van der Waals surface area contributed by atoms with Crippen molar-refractivity contribution in [2.75, 3.05) is 6.61 Å². The summed E-state index contributed by atoms with van der Waals surface area (Å²) < 4.78 is 0. The summed E-state index contributed by atoms with van der Waals surface area (Å²) in [5.74, 6) is 0.139. The van der Waals surface area contributed by atoms with E-state index in [9.17, 15) is 4.79 Å². The lowest BCUT2D eigenvalue weighted by Crippen LogP contribution is -2.25. The van der Waals surface area contributed by atoms with Crippen LogP contribution in [-0.2, 0) is 17.9 Å². The molecular formula is C12H15NO2. The first-order valence-corrected chi connectivity index (χ1v) is 5.26. The Balaban J connectivity index is 1.98. The van der Waals surface area contributed by atoms with Crippen LogP contribution < -0.4 is 0 Å². The van der Waals surface area contributed by atoms with Gasteiger partial charge in [0.2, 0.25) is 5.91 Å². The number of hydrogen-bond donors (Lipinski definition) is 1. The van der Waals surface area contributed by atoms with Crippen LogP contribution in [0, 0.1) is 0 Å². The van der Waals surface area contributed by atoms with E-state index in [2.05, 4.69) is 12.1 Å².